The van der Waals surface area contributed by atoms with E-state index in [4.69, 9.17) is 0 Å². The van der Waals surface area contributed by atoms with Crippen LogP contribution in [0.5, 0.6) is 0 Å². The lowest BCUT2D eigenvalue weighted by atomic mass is 10.1. The summed E-state index contributed by atoms with van der Waals surface area (Å²) >= 11 is 0. The highest BCUT2D eigenvalue weighted by Gasteiger charge is 2.15. The summed E-state index contributed by atoms with van der Waals surface area (Å²) < 4.78 is 1.81. The van der Waals surface area contributed by atoms with Crippen LogP contribution in [0.3, 0.4) is 0 Å². The lowest BCUT2D eigenvalue weighted by Gasteiger charge is -2.18. The minimum atomic E-state index is -0.351. The van der Waals surface area contributed by atoms with Gasteiger partial charge in [-0.2, -0.15) is 5.10 Å². The minimum absolute atomic E-state index is 0.0713. The van der Waals surface area contributed by atoms with E-state index in [1.165, 1.54) is 0 Å². The number of hydrogen-bond donors (Lipinski definition) is 1. The van der Waals surface area contributed by atoms with Crippen LogP contribution >= 0.6 is 0 Å². The van der Waals surface area contributed by atoms with Crippen LogP contribution in [0.15, 0.2) is 24.4 Å². The van der Waals surface area contributed by atoms with Gasteiger partial charge < -0.3 is 5.32 Å². The lowest BCUT2D eigenvalue weighted by Crippen LogP contribution is -2.12. The third-order valence-corrected chi connectivity index (χ3v) is 3.41. The van der Waals surface area contributed by atoms with Gasteiger partial charge in [0.25, 0.3) is 5.69 Å². The van der Waals surface area contributed by atoms with Crippen molar-refractivity contribution in [1.29, 1.82) is 0 Å². The molecule has 2 aromatic rings. The molecule has 0 spiro atoms. The van der Waals surface area contributed by atoms with Crippen LogP contribution in [0, 0.1) is 24.0 Å². The molecule has 1 unspecified atom stereocenters. The molecule has 0 bridgehead atoms. The number of aromatic nitrogens is 2. The first-order chi connectivity index (χ1) is 9.40. The Labute approximate surface area is 117 Å². The summed E-state index contributed by atoms with van der Waals surface area (Å²) in [5, 5.41) is 18.4. The molecule has 0 saturated carbocycles. The second kappa shape index (κ2) is 5.32. The fourth-order valence-electron chi connectivity index (χ4n) is 2.27. The summed E-state index contributed by atoms with van der Waals surface area (Å²) in [5.41, 5.74) is 3.63. The minimum Gasteiger partial charge on any atom is -0.377 e. The molecule has 6 nitrogen and oxygen atoms in total. The van der Waals surface area contributed by atoms with Gasteiger partial charge in [0.2, 0.25) is 0 Å². The number of nitro groups is 1. The highest BCUT2D eigenvalue weighted by molar-refractivity contribution is 5.59. The molecule has 0 saturated heterocycles. The molecule has 1 aromatic carbocycles. The van der Waals surface area contributed by atoms with Crippen molar-refractivity contribution >= 4 is 11.4 Å². The van der Waals surface area contributed by atoms with Gasteiger partial charge in [-0.05, 0) is 38.5 Å². The van der Waals surface area contributed by atoms with Crippen molar-refractivity contribution < 1.29 is 4.92 Å². The maximum absolute atomic E-state index is 10.9. The van der Waals surface area contributed by atoms with Crippen molar-refractivity contribution in [2.45, 2.75) is 26.8 Å². The topological polar surface area (TPSA) is 73.0 Å². The molecule has 2 rings (SSSR count). The number of rotatable bonds is 4. The van der Waals surface area contributed by atoms with Crippen molar-refractivity contribution in [3.8, 4) is 0 Å². The molecular weight excluding hydrogens is 256 g/mol. The quantitative estimate of drug-likeness (QED) is 0.686. The highest BCUT2D eigenvalue weighted by atomic mass is 16.6. The second-order valence-corrected chi connectivity index (χ2v) is 4.96. The van der Waals surface area contributed by atoms with Crippen molar-refractivity contribution in [3.05, 3.63) is 51.3 Å². The largest absolute Gasteiger partial charge is 0.377 e. The predicted molar refractivity (Wildman–Crippen MR) is 77.8 cm³/mol. The van der Waals surface area contributed by atoms with E-state index in [2.05, 4.69) is 10.4 Å². The molecule has 1 aromatic heterocycles. The van der Waals surface area contributed by atoms with Crippen molar-refractivity contribution in [1.82, 2.24) is 9.78 Å². The second-order valence-electron chi connectivity index (χ2n) is 4.96. The average Bonchev–Trinajstić information content (AvgIpc) is 2.79. The van der Waals surface area contributed by atoms with Gasteiger partial charge in [0, 0.05) is 30.6 Å². The van der Waals surface area contributed by atoms with E-state index in [0.29, 0.717) is 5.56 Å². The molecular formula is C14H18N4O2. The van der Waals surface area contributed by atoms with Crippen LogP contribution in [0.2, 0.25) is 0 Å². The Kier molecular flexibility index (Phi) is 3.74. The van der Waals surface area contributed by atoms with Crippen molar-refractivity contribution in [2.75, 3.05) is 5.32 Å². The molecule has 1 N–H and O–H groups in total. The van der Waals surface area contributed by atoms with Gasteiger partial charge in [0.15, 0.2) is 0 Å². The maximum atomic E-state index is 10.9. The zero-order chi connectivity index (χ0) is 14.9. The Morgan fingerprint density at radius 1 is 1.35 bits per heavy atom. The molecule has 0 fully saturated rings. The van der Waals surface area contributed by atoms with E-state index in [1.807, 2.05) is 37.7 Å². The van der Waals surface area contributed by atoms with Gasteiger partial charge in [-0.3, -0.25) is 14.8 Å². The smallest absolute Gasteiger partial charge is 0.272 e. The molecule has 0 aliphatic heterocycles. The Balaban J connectivity index is 2.28. The number of nitrogens with zero attached hydrogens (tertiary/aromatic N) is 3. The van der Waals surface area contributed by atoms with Crippen LogP contribution in [-0.2, 0) is 7.05 Å². The van der Waals surface area contributed by atoms with E-state index in [-0.39, 0.29) is 16.7 Å². The Morgan fingerprint density at radius 2 is 2.05 bits per heavy atom. The van der Waals surface area contributed by atoms with Crippen LogP contribution in [0.25, 0.3) is 0 Å². The molecule has 0 radical (unpaired) electrons. The Hall–Kier alpha value is -2.37. The molecule has 0 aliphatic rings. The summed E-state index contributed by atoms with van der Waals surface area (Å²) in [6, 6.07) is 5.45. The fraction of sp³-hybridized carbons (Fsp3) is 0.357. The first kappa shape index (κ1) is 14.0. The van der Waals surface area contributed by atoms with E-state index in [0.717, 1.165) is 16.9 Å². The maximum Gasteiger partial charge on any atom is 0.272 e. The number of aryl methyl sites for hydroxylation is 3. The molecule has 20 heavy (non-hydrogen) atoms. The van der Waals surface area contributed by atoms with Crippen molar-refractivity contribution in [2.24, 2.45) is 7.05 Å². The molecule has 6 heteroatoms. The number of nitro benzene ring substituents is 1. The van der Waals surface area contributed by atoms with Crippen LogP contribution in [-0.4, -0.2) is 14.7 Å². The zero-order valence-corrected chi connectivity index (χ0v) is 12.0. The molecule has 0 amide bonds. The monoisotopic (exact) mass is 274 g/mol. The summed E-state index contributed by atoms with van der Waals surface area (Å²) in [5.74, 6) is 0. The number of anilines is 1. The summed E-state index contributed by atoms with van der Waals surface area (Å²) in [4.78, 5) is 10.6. The van der Waals surface area contributed by atoms with E-state index < -0.39 is 0 Å². The molecule has 1 heterocycles. The normalized spacial score (nSPS) is 12.2. The van der Waals surface area contributed by atoms with Gasteiger partial charge in [-0.15, -0.1) is 0 Å². The summed E-state index contributed by atoms with van der Waals surface area (Å²) in [6.07, 6.45) is 1.75. The molecule has 1 atom stereocenters. The van der Waals surface area contributed by atoms with Gasteiger partial charge in [-0.1, -0.05) is 0 Å². The van der Waals surface area contributed by atoms with E-state index in [9.17, 15) is 10.1 Å². The Morgan fingerprint density at radius 3 is 2.60 bits per heavy atom. The number of hydrogen-bond acceptors (Lipinski definition) is 4. The van der Waals surface area contributed by atoms with E-state index in [1.54, 1.807) is 19.2 Å². The van der Waals surface area contributed by atoms with Gasteiger partial charge >= 0.3 is 0 Å². The standard InChI is InChI=1S/C14H18N4O2/c1-9-8-14(18(19)20)10(2)7-12(9)16-11(3)13-5-6-15-17(13)4/h5-8,11,16H,1-4H3. The first-order valence-electron chi connectivity index (χ1n) is 6.40. The third-order valence-electron chi connectivity index (χ3n) is 3.41. The molecule has 106 valence electrons. The summed E-state index contributed by atoms with van der Waals surface area (Å²) in [7, 11) is 1.89. The third kappa shape index (κ3) is 2.64. The SMILES string of the molecule is Cc1cc([N+](=O)[O-])c(C)cc1NC(C)c1ccnn1C. The van der Waals surface area contributed by atoms with Gasteiger partial charge in [0.1, 0.15) is 0 Å². The van der Waals surface area contributed by atoms with Crippen LogP contribution in [0.4, 0.5) is 11.4 Å². The van der Waals surface area contributed by atoms with Crippen LogP contribution < -0.4 is 5.32 Å². The van der Waals surface area contributed by atoms with E-state index >= 15 is 0 Å². The molecule has 0 aliphatic carbocycles. The fourth-order valence-corrected chi connectivity index (χ4v) is 2.27. The zero-order valence-electron chi connectivity index (χ0n) is 12.0. The van der Waals surface area contributed by atoms with Gasteiger partial charge in [0.05, 0.1) is 16.7 Å². The van der Waals surface area contributed by atoms with Crippen LogP contribution in [0.1, 0.15) is 29.8 Å². The Bertz CT molecular complexity index is 649. The van der Waals surface area contributed by atoms with Gasteiger partial charge in [-0.25, -0.2) is 0 Å². The summed E-state index contributed by atoms with van der Waals surface area (Å²) in [6.45, 7) is 5.65. The number of nitrogens with one attached hydrogen (secondary N) is 1. The lowest BCUT2D eigenvalue weighted by molar-refractivity contribution is -0.385. The predicted octanol–water partition coefficient (Wildman–Crippen LogP) is 3.12. The average molecular weight is 274 g/mol. The number of benzene rings is 1. The van der Waals surface area contributed by atoms with Crippen molar-refractivity contribution in [3.63, 3.8) is 0 Å². The first-order valence-corrected chi connectivity index (χ1v) is 6.40. The highest BCUT2D eigenvalue weighted by Crippen LogP contribution is 2.28.